The summed E-state index contributed by atoms with van der Waals surface area (Å²) in [6.45, 7) is 3.53. The van der Waals surface area contributed by atoms with E-state index in [9.17, 15) is 26.4 Å². The molecule has 0 spiro atoms. The lowest BCUT2D eigenvalue weighted by atomic mass is 9.98. The number of aromatic nitrogens is 1. The first kappa shape index (κ1) is 26.3. The zero-order valence-electron chi connectivity index (χ0n) is 19.1. The Labute approximate surface area is 201 Å². The lowest BCUT2D eigenvalue weighted by Gasteiger charge is -2.16. The van der Waals surface area contributed by atoms with Gasteiger partial charge in [0.1, 0.15) is 5.69 Å². The Kier molecular flexibility index (Phi) is 7.93. The first-order valence-electron chi connectivity index (χ1n) is 10.6. The van der Waals surface area contributed by atoms with Crippen LogP contribution in [0.25, 0.3) is 11.3 Å². The third kappa shape index (κ3) is 7.35. The molecule has 186 valence electrons. The van der Waals surface area contributed by atoms with Gasteiger partial charge >= 0.3 is 6.18 Å². The van der Waals surface area contributed by atoms with Crippen molar-refractivity contribution in [1.82, 2.24) is 15.0 Å². The summed E-state index contributed by atoms with van der Waals surface area (Å²) in [6.07, 6.45) is -4.59. The predicted molar refractivity (Wildman–Crippen MR) is 126 cm³/mol. The van der Waals surface area contributed by atoms with Gasteiger partial charge in [-0.25, -0.2) is 10.1 Å². The van der Waals surface area contributed by atoms with Crippen LogP contribution in [0.5, 0.6) is 0 Å². The van der Waals surface area contributed by atoms with Gasteiger partial charge < -0.3 is 5.32 Å². The fraction of sp³-hybridized carbons (Fsp3) is 0.250. The summed E-state index contributed by atoms with van der Waals surface area (Å²) in [6, 6.07) is 15.9. The highest BCUT2D eigenvalue weighted by Gasteiger charge is 2.33. The van der Waals surface area contributed by atoms with Crippen LogP contribution in [0.3, 0.4) is 0 Å². The number of nitrogens with one attached hydrogen (secondary N) is 2. The topological polar surface area (TPSA) is 114 Å². The summed E-state index contributed by atoms with van der Waals surface area (Å²) >= 11 is 0. The Morgan fingerprint density at radius 3 is 2.34 bits per heavy atom. The van der Waals surface area contributed by atoms with Crippen molar-refractivity contribution >= 4 is 16.1 Å². The van der Waals surface area contributed by atoms with E-state index in [1.165, 1.54) is 6.07 Å². The highest BCUT2D eigenvalue weighted by atomic mass is 32.2. The van der Waals surface area contributed by atoms with Crippen molar-refractivity contribution in [3.05, 3.63) is 88.6 Å². The second-order valence-electron chi connectivity index (χ2n) is 8.12. The van der Waals surface area contributed by atoms with Gasteiger partial charge in [0.25, 0.3) is 10.2 Å². The van der Waals surface area contributed by atoms with Crippen molar-refractivity contribution in [3.8, 4) is 11.3 Å². The van der Waals surface area contributed by atoms with Crippen LogP contribution in [0.4, 0.5) is 13.2 Å². The molecule has 1 aromatic heterocycles. The lowest BCUT2D eigenvalue weighted by molar-refractivity contribution is -0.141. The quantitative estimate of drug-likeness (QED) is 0.431. The van der Waals surface area contributed by atoms with Gasteiger partial charge in [-0.2, -0.15) is 26.3 Å². The second kappa shape index (κ2) is 10.5. The van der Waals surface area contributed by atoms with E-state index in [2.05, 4.69) is 15.0 Å². The molecule has 0 saturated heterocycles. The first-order valence-corrected chi connectivity index (χ1v) is 12.2. The molecule has 0 aliphatic heterocycles. The summed E-state index contributed by atoms with van der Waals surface area (Å²) in [7, 11) is -3.81. The largest absolute Gasteiger partial charge is 0.433 e. The molecule has 0 bridgehead atoms. The van der Waals surface area contributed by atoms with Crippen LogP contribution in [0.15, 0.2) is 60.7 Å². The predicted octanol–water partition coefficient (Wildman–Crippen LogP) is 3.79. The number of halogens is 3. The van der Waals surface area contributed by atoms with Gasteiger partial charge in [0.05, 0.1) is 11.6 Å². The molecular weight excluding hydrogens is 481 g/mol. The zero-order valence-corrected chi connectivity index (χ0v) is 19.9. The van der Waals surface area contributed by atoms with Crippen molar-refractivity contribution in [2.45, 2.75) is 39.0 Å². The van der Waals surface area contributed by atoms with Crippen molar-refractivity contribution in [1.29, 1.82) is 0 Å². The molecular formula is C24H25F3N4O3S. The number of aryl methyl sites for hydroxylation is 1. The standard InChI is InChI=1S/C24H25F3N4O3S/c1-15-4-3-5-19(12-15)22-20(10-11-21(31-22)24(25,26)27)14-29-23(32)16(2)18-8-6-17(7-9-18)13-30-35(28,33)34/h3-12,16,30H,13-14H2,1-2H3,(H,29,32)(H2,28,33,34)/t16-/m1/s1. The van der Waals surface area contributed by atoms with E-state index in [1.807, 2.05) is 13.0 Å². The SMILES string of the molecule is Cc1cccc(-c2nc(C(F)(F)F)ccc2CNC(=O)[C@H](C)c2ccc(CNS(N)(=O)=O)cc2)c1. The van der Waals surface area contributed by atoms with Gasteiger partial charge in [-0.15, -0.1) is 0 Å². The summed E-state index contributed by atoms with van der Waals surface area (Å²) in [5.41, 5.74) is 2.34. The zero-order chi connectivity index (χ0) is 25.8. The fourth-order valence-electron chi connectivity index (χ4n) is 3.43. The monoisotopic (exact) mass is 506 g/mol. The normalized spacial score (nSPS) is 12.9. The molecule has 7 nitrogen and oxygen atoms in total. The minimum absolute atomic E-state index is 0.00600. The van der Waals surface area contributed by atoms with Crippen molar-refractivity contribution < 1.29 is 26.4 Å². The number of alkyl halides is 3. The number of hydrogen-bond acceptors (Lipinski definition) is 4. The van der Waals surface area contributed by atoms with Crippen LogP contribution in [-0.2, 0) is 34.3 Å². The Balaban J connectivity index is 1.75. The molecule has 3 rings (SSSR count). The van der Waals surface area contributed by atoms with Gasteiger partial charge in [-0.05, 0) is 42.7 Å². The maximum absolute atomic E-state index is 13.3. The van der Waals surface area contributed by atoms with Gasteiger partial charge in [-0.3, -0.25) is 4.79 Å². The third-order valence-corrected chi connectivity index (χ3v) is 5.91. The molecule has 1 atom stereocenters. The number of carbonyl (C=O) groups is 1. The van der Waals surface area contributed by atoms with Crippen molar-refractivity contribution in [3.63, 3.8) is 0 Å². The lowest BCUT2D eigenvalue weighted by Crippen LogP contribution is -2.30. The number of nitrogens with zero attached hydrogens (tertiary/aromatic N) is 1. The van der Waals surface area contributed by atoms with Crippen LogP contribution >= 0.6 is 0 Å². The highest BCUT2D eigenvalue weighted by molar-refractivity contribution is 7.87. The minimum Gasteiger partial charge on any atom is -0.351 e. The van der Waals surface area contributed by atoms with Crippen LogP contribution < -0.4 is 15.2 Å². The maximum atomic E-state index is 13.3. The summed E-state index contributed by atoms with van der Waals surface area (Å²) < 4.78 is 64.0. The van der Waals surface area contributed by atoms with Crippen LogP contribution in [0.1, 0.15) is 40.8 Å². The molecule has 2 aromatic carbocycles. The Bertz CT molecular complexity index is 1310. The fourth-order valence-corrected chi connectivity index (χ4v) is 3.79. The Hall–Kier alpha value is -3.28. The summed E-state index contributed by atoms with van der Waals surface area (Å²) in [5.74, 6) is -0.879. The third-order valence-electron chi connectivity index (χ3n) is 5.36. The van der Waals surface area contributed by atoms with E-state index in [1.54, 1.807) is 49.4 Å². The second-order valence-corrected chi connectivity index (χ2v) is 9.50. The maximum Gasteiger partial charge on any atom is 0.433 e. The molecule has 1 heterocycles. The molecule has 0 saturated carbocycles. The number of pyridine rings is 1. The van der Waals surface area contributed by atoms with Crippen LogP contribution in [0, 0.1) is 6.92 Å². The van der Waals surface area contributed by atoms with Crippen molar-refractivity contribution in [2.24, 2.45) is 5.14 Å². The minimum atomic E-state index is -4.59. The summed E-state index contributed by atoms with van der Waals surface area (Å²) in [5, 5.41) is 7.69. The van der Waals surface area contributed by atoms with E-state index in [-0.39, 0.29) is 24.7 Å². The average Bonchev–Trinajstić information content (AvgIpc) is 2.80. The van der Waals surface area contributed by atoms with E-state index >= 15 is 0 Å². The molecule has 11 heteroatoms. The Morgan fingerprint density at radius 1 is 1.06 bits per heavy atom. The van der Waals surface area contributed by atoms with E-state index in [0.29, 0.717) is 22.3 Å². The molecule has 0 aliphatic rings. The number of nitrogens with two attached hydrogens (primary N) is 1. The molecule has 3 aromatic rings. The summed E-state index contributed by atoms with van der Waals surface area (Å²) in [4.78, 5) is 16.6. The van der Waals surface area contributed by atoms with E-state index < -0.39 is 28.0 Å². The average molecular weight is 507 g/mol. The number of hydrogen-bond donors (Lipinski definition) is 3. The molecule has 1 amide bonds. The molecule has 0 aliphatic carbocycles. The molecule has 0 fully saturated rings. The van der Waals surface area contributed by atoms with Crippen LogP contribution in [0.2, 0.25) is 0 Å². The number of rotatable bonds is 8. The van der Waals surface area contributed by atoms with Gasteiger partial charge in [-0.1, -0.05) is 54.1 Å². The number of carbonyl (C=O) groups excluding carboxylic acids is 1. The highest BCUT2D eigenvalue weighted by Crippen LogP contribution is 2.31. The van der Waals surface area contributed by atoms with Gasteiger partial charge in [0, 0.05) is 18.7 Å². The molecule has 4 N–H and O–H groups in total. The van der Waals surface area contributed by atoms with E-state index in [0.717, 1.165) is 11.6 Å². The number of amides is 1. The molecule has 0 unspecified atom stereocenters. The molecule has 35 heavy (non-hydrogen) atoms. The van der Waals surface area contributed by atoms with Crippen molar-refractivity contribution in [2.75, 3.05) is 0 Å². The first-order chi connectivity index (χ1) is 16.3. The smallest absolute Gasteiger partial charge is 0.351 e. The van der Waals surface area contributed by atoms with E-state index in [4.69, 9.17) is 5.14 Å². The van der Waals surface area contributed by atoms with Gasteiger partial charge in [0.15, 0.2) is 0 Å². The Morgan fingerprint density at radius 2 is 1.74 bits per heavy atom. The number of benzene rings is 2. The van der Waals surface area contributed by atoms with Gasteiger partial charge in [0.2, 0.25) is 5.91 Å². The van der Waals surface area contributed by atoms with Crippen LogP contribution in [-0.4, -0.2) is 19.3 Å². The molecule has 0 radical (unpaired) electrons.